The smallest absolute Gasteiger partial charge is 0.321 e. The van der Waals surface area contributed by atoms with Crippen molar-refractivity contribution in [3.8, 4) is 0 Å². The van der Waals surface area contributed by atoms with Crippen LogP contribution < -0.4 is 5.32 Å². The highest BCUT2D eigenvalue weighted by Crippen LogP contribution is 2.40. The van der Waals surface area contributed by atoms with Gasteiger partial charge in [0, 0.05) is 43.3 Å². The molecule has 2 N–H and O–H groups in total. The molecule has 0 aromatic rings. The van der Waals surface area contributed by atoms with Crippen molar-refractivity contribution in [2.45, 2.75) is 46.7 Å². The van der Waals surface area contributed by atoms with Crippen molar-refractivity contribution in [2.24, 2.45) is 17.3 Å². The SMILES string of the molecule is CC1NC(C(=O)O)C(C)(C)C(C)C1C.II. The lowest BCUT2D eigenvalue weighted by atomic mass is 9.64. The maximum Gasteiger partial charge on any atom is 0.321 e. The van der Waals surface area contributed by atoms with Crippen molar-refractivity contribution in [1.82, 2.24) is 5.32 Å². The summed E-state index contributed by atoms with van der Waals surface area (Å²) in [6, 6.07) is -0.150. The van der Waals surface area contributed by atoms with Crippen molar-refractivity contribution in [3.05, 3.63) is 0 Å². The van der Waals surface area contributed by atoms with Gasteiger partial charge >= 0.3 is 5.97 Å². The molecule has 0 aromatic heterocycles. The summed E-state index contributed by atoms with van der Waals surface area (Å²) in [7, 11) is 0. The number of halogens is 2. The minimum absolute atomic E-state index is 0.183. The molecular weight excluding hydrogens is 432 g/mol. The first-order valence-corrected chi connectivity index (χ1v) is 11.7. The fraction of sp³-hybridized carbons (Fsp3) is 0.909. The van der Waals surface area contributed by atoms with E-state index in [0.717, 1.165) is 0 Å². The second-order valence-corrected chi connectivity index (χ2v) is 5.20. The number of carbonyl (C=O) groups is 1. The molecular formula is C11H21I2NO2. The molecule has 0 spiro atoms. The van der Waals surface area contributed by atoms with Gasteiger partial charge < -0.3 is 10.4 Å². The van der Waals surface area contributed by atoms with Crippen LogP contribution in [0.3, 0.4) is 0 Å². The van der Waals surface area contributed by atoms with Gasteiger partial charge in [-0.05, 0) is 24.2 Å². The highest BCUT2D eigenvalue weighted by Gasteiger charge is 2.47. The molecule has 1 heterocycles. The Hall–Kier alpha value is 0.890. The maximum absolute atomic E-state index is 11.1. The van der Waals surface area contributed by atoms with Crippen LogP contribution in [-0.2, 0) is 4.79 Å². The van der Waals surface area contributed by atoms with Crippen LogP contribution in [-0.4, -0.2) is 23.2 Å². The van der Waals surface area contributed by atoms with Crippen molar-refractivity contribution in [2.75, 3.05) is 0 Å². The Morgan fingerprint density at radius 2 is 1.69 bits per heavy atom. The molecule has 0 amide bonds. The van der Waals surface area contributed by atoms with Crippen LogP contribution in [0.2, 0.25) is 0 Å². The second kappa shape index (κ2) is 6.72. The van der Waals surface area contributed by atoms with Crippen LogP contribution in [0.1, 0.15) is 34.6 Å². The van der Waals surface area contributed by atoms with Gasteiger partial charge in [-0.15, -0.1) is 0 Å². The lowest BCUT2D eigenvalue weighted by molar-refractivity contribution is -0.147. The first kappa shape index (κ1) is 16.9. The van der Waals surface area contributed by atoms with Gasteiger partial charge in [0.15, 0.2) is 0 Å². The molecule has 96 valence electrons. The Labute approximate surface area is 121 Å². The average molecular weight is 453 g/mol. The Bertz CT molecular complexity index is 246. The van der Waals surface area contributed by atoms with Crippen LogP contribution in [0.15, 0.2) is 0 Å². The number of aliphatic carboxylic acids is 1. The summed E-state index contributed by atoms with van der Waals surface area (Å²) in [6.07, 6.45) is 0. The largest absolute Gasteiger partial charge is 0.480 e. The van der Waals surface area contributed by atoms with Gasteiger partial charge in [0.05, 0.1) is 0 Å². The fourth-order valence-electron chi connectivity index (χ4n) is 2.39. The lowest BCUT2D eigenvalue weighted by Gasteiger charge is -2.48. The van der Waals surface area contributed by atoms with Gasteiger partial charge in [-0.3, -0.25) is 4.79 Å². The van der Waals surface area contributed by atoms with E-state index in [0.29, 0.717) is 11.8 Å². The van der Waals surface area contributed by atoms with Gasteiger partial charge in [-0.1, -0.05) is 27.7 Å². The van der Waals surface area contributed by atoms with E-state index in [2.05, 4.69) is 63.3 Å². The molecule has 4 unspecified atom stereocenters. The molecule has 0 aromatic carbocycles. The maximum atomic E-state index is 11.1. The van der Waals surface area contributed by atoms with Gasteiger partial charge in [0.25, 0.3) is 0 Å². The highest BCUT2D eigenvalue weighted by atomic mass is 128. The molecule has 1 saturated heterocycles. The number of carboxylic acids is 1. The molecule has 16 heavy (non-hydrogen) atoms. The number of rotatable bonds is 1. The van der Waals surface area contributed by atoms with Crippen LogP contribution >= 0.6 is 37.2 Å². The molecule has 0 saturated carbocycles. The van der Waals surface area contributed by atoms with Crippen LogP contribution in [0, 0.1) is 17.3 Å². The van der Waals surface area contributed by atoms with Gasteiger partial charge in [0.2, 0.25) is 0 Å². The minimum atomic E-state index is -0.736. The van der Waals surface area contributed by atoms with E-state index in [1.807, 2.05) is 13.8 Å². The van der Waals surface area contributed by atoms with E-state index in [1.54, 1.807) is 0 Å². The summed E-state index contributed by atoms with van der Waals surface area (Å²) >= 11 is 4.24. The summed E-state index contributed by atoms with van der Waals surface area (Å²) in [4.78, 5) is 11.1. The van der Waals surface area contributed by atoms with E-state index >= 15 is 0 Å². The monoisotopic (exact) mass is 453 g/mol. The molecule has 0 aliphatic carbocycles. The van der Waals surface area contributed by atoms with Crippen molar-refractivity contribution >= 4 is 43.2 Å². The van der Waals surface area contributed by atoms with Gasteiger partial charge in [-0.2, -0.15) is 0 Å². The molecule has 3 nitrogen and oxygen atoms in total. The summed E-state index contributed by atoms with van der Waals surface area (Å²) < 4.78 is 0. The van der Waals surface area contributed by atoms with Crippen LogP contribution in [0.5, 0.6) is 0 Å². The summed E-state index contributed by atoms with van der Waals surface area (Å²) in [5, 5.41) is 12.3. The van der Waals surface area contributed by atoms with E-state index in [4.69, 9.17) is 5.11 Å². The Balaban J connectivity index is 0.00000106. The molecule has 1 rings (SSSR count). The summed E-state index contributed by atoms with van der Waals surface area (Å²) in [5.74, 6) is 0.195. The minimum Gasteiger partial charge on any atom is -0.480 e. The third-order valence-corrected chi connectivity index (χ3v) is 4.17. The van der Waals surface area contributed by atoms with E-state index in [-0.39, 0.29) is 11.5 Å². The van der Waals surface area contributed by atoms with Gasteiger partial charge in [-0.25, -0.2) is 0 Å². The molecule has 0 radical (unpaired) electrons. The number of hydrogen-bond donors (Lipinski definition) is 2. The Kier molecular flexibility index (Phi) is 7.10. The van der Waals surface area contributed by atoms with Crippen molar-refractivity contribution in [1.29, 1.82) is 0 Å². The first-order chi connectivity index (χ1) is 7.28. The zero-order valence-electron chi connectivity index (χ0n) is 10.4. The normalized spacial score (nSPS) is 37.2. The third kappa shape index (κ3) is 3.44. The zero-order chi connectivity index (χ0) is 13.1. The summed E-state index contributed by atoms with van der Waals surface area (Å²) in [6.45, 7) is 10.5. The van der Waals surface area contributed by atoms with Crippen LogP contribution in [0.25, 0.3) is 0 Å². The molecule has 1 aliphatic rings. The molecule has 1 fully saturated rings. The van der Waals surface area contributed by atoms with Crippen molar-refractivity contribution in [3.63, 3.8) is 0 Å². The van der Waals surface area contributed by atoms with Crippen LogP contribution in [0.4, 0.5) is 0 Å². The highest BCUT2D eigenvalue weighted by molar-refractivity contribution is 15.0. The molecule has 1 aliphatic heterocycles. The molecule has 4 atom stereocenters. The fourth-order valence-corrected chi connectivity index (χ4v) is 2.39. The average Bonchev–Trinajstić information content (AvgIpc) is 2.23. The third-order valence-electron chi connectivity index (χ3n) is 4.17. The number of piperidine rings is 1. The molecule has 0 bridgehead atoms. The summed E-state index contributed by atoms with van der Waals surface area (Å²) in [5.41, 5.74) is -0.183. The predicted octanol–water partition coefficient (Wildman–Crippen LogP) is 3.50. The zero-order valence-corrected chi connectivity index (χ0v) is 14.7. The Morgan fingerprint density at radius 1 is 1.25 bits per heavy atom. The topological polar surface area (TPSA) is 49.3 Å². The lowest BCUT2D eigenvalue weighted by Crippen LogP contribution is -2.61. The van der Waals surface area contributed by atoms with E-state index in [9.17, 15) is 4.79 Å². The van der Waals surface area contributed by atoms with E-state index in [1.165, 1.54) is 0 Å². The van der Waals surface area contributed by atoms with Gasteiger partial charge in [0.1, 0.15) is 6.04 Å². The number of carboxylic acid groups (broad SMARTS) is 1. The first-order valence-electron chi connectivity index (χ1n) is 5.41. The number of hydrogen-bond acceptors (Lipinski definition) is 2. The second-order valence-electron chi connectivity index (χ2n) is 5.20. The quantitative estimate of drug-likeness (QED) is 0.598. The number of nitrogens with one attached hydrogen (secondary N) is 1. The van der Waals surface area contributed by atoms with Crippen molar-refractivity contribution < 1.29 is 9.90 Å². The standard InChI is InChI=1S/C11H21NO2.I2/c1-6-7(2)11(4,5)9(10(13)14)12-8(6)3;1-2/h6-9,12H,1-5H3,(H,13,14);. The molecule has 5 heteroatoms. The predicted molar refractivity (Wildman–Crippen MR) is 84.2 cm³/mol. The van der Waals surface area contributed by atoms with E-state index < -0.39 is 12.0 Å². The Morgan fingerprint density at radius 3 is 2.06 bits per heavy atom.